The van der Waals surface area contributed by atoms with Crippen LogP contribution < -0.4 is 11.1 Å². The number of benzene rings is 1. The maximum atomic E-state index is 13.4. The molecule has 0 heterocycles. The molecule has 0 bridgehead atoms. The Kier molecular flexibility index (Phi) is 2.77. The molecule has 2 rings (SSSR count). The van der Waals surface area contributed by atoms with Crippen molar-refractivity contribution in [3.63, 3.8) is 0 Å². The van der Waals surface area contributed by atoms with Gasteiger partial charge in [-0.25, -0.2) is 8.78 Å². The maximum absolute atomic E-state index is 13.4. The van der Waals surface area contributed by atoms with Gasteiger partial charge in [0.2, 0.25) is 0 Å². The molecule has 86 valence electrons. The lowest BCUT2D eigenvalue weighted by Crippen LogP contribution is -2.33. The highest BCUT2D eigenvalue weighted by Crippen LogP contribution is 2.42. The van der Waals surface area contributed by atoms with Gasteiger partial charge in [-0.1, -0.05) is 6.07 Å². The van der Waals surface area contributed by atoms with Crippen LogP contribution >= 0.6 is 0 Å². The van der Waals surface area contributed by atoms with Crippen LogP contribution in [0, 0.1) is 11.6 Å². The summed E-state index contributed by atoms with van der Waals surface area (Å²) >= 11 is 0. The van der Waals surface area contributed by atoms with Crippen LogP contribution in [0.2, 0.25) is 0 Å². The largest absolute Gasteiger partial charge is 0.370 e. The van der Waals surface area contributed by atoms with E-state index in [-0.39, 0.29) is 17.5 Å². The lowest BCUT2D eigenvalue weighted by Gasteiger charge is -2.06. The Morgan fingerprint density at radius 1 is 1.44 bits per heavy atom. The van der Waals surface area contributed by atoms with Gasteiger partial charge in [0.15, 0.2) is 5.96 Å². The third-order valence-electron chi connectivity index (χ3n) is 2.74. The van der Waals surface area contributed by atoms with Crippen LogP contribution in [-0.2, 0) is 0 Å². The quantitative estimate of drug-likeness (QED) is 0.589. The van der Waals surface area contributed by atoms with Crippen LogP contribution in [0.15, 0.2) is 23.2 Å². The molecule has 0 amide bonds. The van der Waals surface area contributed by atoms with Crippen LogP contribution in [0.4, 0.5) is 8.78 Å². The second-order valence-corrected chi connectivity index (χ2v) is 3.84. The number of rotatable bonds is 2. The summed E-state index contributed by atoms with van der Waals surface area (Å²) in [5.41, 5.74) is 5.62. The minimum atomic E-state index is -0.499. The fraction of sp³-hybridized carbons (Fsp3) is 0.364. The van der Waals surface area contributed by atoms with E-state index in [9.17, 15) is 8.78 Å². The zero-order chi connectivity index (χ0) is 11.7. The highest BCUT2D eigenvalue weighted by Gasteiger charge is 2.42. The van der Waals surface area contributed by atoms with Crippen molar-refractivity contribution in [2.75, 3.05) is 7.05 Å². The molecule has 3 N–H and O–H groups in total. The molecule has 2 atom stereocenters. The summed E-state index contributed by atoms with van der Waals surface area (Å²) < 4.78 is 26.8. The van der Waals surface area contributed by atoms with Crippen LogP contribution in [0.3, 0.4) is 0 Å². The van der Waals surface area contributed by atoms with Crippen LogP contribution in [-0.4, -0.2) is 19.0 Å². The third kappa shape index (κ3) is 1.98. The topological polar surface area (TPSA) is 50.4 Å². The average Bonchev–Trinajstić information content (AvgIpc) is 2.97. The highest BCUT2D eigenvalue weighted by atomic mass is 19.1. The Balaban J connectivity index is 2.12. The van der Waals surface area contributed by atoms with E-state index in [2.05, 4.69) is 10.3 Å². The normalized spacial score (nSPS) is 24.3. The van der Waals surface area contributed by atoms with Gasteiger partial charge in [0.05, 0.1) is 0 Å². The molecule has 0 saturated heterocycles. The van der Waals surface area contributed by atoms with E-state index in [4.69, 9.17) is 5.73 Å². The number of guanidine groups is 1. The Morgan fingerprint density at radius 2 is 2.06 bits per heavy atom. The molecule has 1 aromatic rings. The summed E-state index contributed by atoms with van der Waals surface area (Å²) in [6, 6.07) is 3.88. The molecule has 1 aromatic carbocycles. The molecule has 0 spiro atoms. The maximum Gasteiger partial charge on any atom is 0.188 e. The second kappa shape index (κ2) is 4.08. The van der Waals surface area contributed by atoms with Gasteiger partial charge in [-0.15, -0.1) is 0 Å². The van der Waals surface area contributed by atoms with Crippen LogP contribution in [0.25, 0.3) is 0 Å². The number of nitrogens with zero attached hydrogens (tertiary/aromatic N) is 1. The molecule has 3 nitrogen and oxygen atoms in total. The number of nitrogens with two attached hydrogens (primary N) is 1. The standard InChI is InChI=1S/C11H13F2N3/c1-15-11(14)16-9-5-6(9)10-7(12)3-2-4-8(10)13/h2-4,6,9H,5H2,1H3,(H3,14,15,16)/t6-,9-/m1/s1. The van der Waals surface area contributed by atoms with E-state index in [1.165, 1.54) is 18.2 Å². The van der Waals surface area contributed by atoms with Crippen molar-refractivity contribution in [3.05, 3.63) is 35.4 Å². The summed E-state index contributed by atoms with van der Waals surface area (Å²) in [5, 5.41) is 2.90. The van der Waals surface area contributed by atoms with Crippen molar-refractivity contribution >= 4 is 5.96 Å². The molecule has 0 aliphatic heterocycles. The Morgan fingerprint density at radius 3 is 2.62 bits per heavy atom. The summed E-state index contributed by atoms with van der Waals surface area (Å²) in [6.45, 7) is 0. The molecule has 1 fully saturated rings. The number of halogens is 2. The highest BCUT2D eigenvalue weighted by molar-refractivity contribution is 5.78. The van der Waals surface area contributed by atoms with Crippen molar-refractivity contribution in [1.29, 1.82) is 0 Å². The van der Waals surface area contributed by atoms with E-state index in [1.807, 2.05) is 0 Å². The Hall–Kier alpha value is -1.65. The predicted octanol–water partition coefficient (Wildman–Crippen LogP) is 1.35. The van der Waals surface area contributed by atoms with Crippen LogP contribution in [0.1, 0.15) is 17.9 Å². The van der Waals surface area contributed by atoms with Gasteiger partial charge in [0, 0.05) is 24.6 Å². The van der Waals surface area contributed by atoms with Gasteiger partial charge in [-0.05, 0) is 18.6 Å². The fourth-order valence-corrected chi connectivity index (χ4v) is 1.79. The second-order valence-electron chi connectivity index (χ2n) is 3.84. The number of nitrogens with one attached hydrogen (secondary N) is 1. The number of aliphatic imine (C=N–C) groups is 1. The summed E-state index contributed by atoms with van der Waals surface area (Å²) in [5.74, 6) is -0.853. The molecule has 16 heavy (non-hydrogen) atoms. The Bertz CT molecular complexity index is 411. The molecule has 0 aromatic heterocycles. The molecule has 1 aliphatic rings. The lowest BCUT2D eigenvalue weighted by atomic mass is 10.1. The smallest absolute Gasteiger partial charge is 0.188 e. The van der Waals surface area contributed by atoms with Gasteiger partial charge in [0.1, 0.15) is 11.6 Å². The molecular weight excluding hydrogens is 212 g/mol. The van der Waals surface area contributed by atoms with Gasteiger partial charge in [-0.3, -0.25) is 4.99 Å². The molecule has 1 aliphatic carbocycles. The van der Waals surface area contributed by atoms with E-state index in [0.717, 1.165) is 0 Å². The van der Waals surface area contributed by atoms with Crippen molar-refractivity contribution in [2.45, 2.75) is 18.4 Å². The minimum Gasteiger partial charge on any atom is -0.370 e. The number of hydrogen-bond donors (Lipinski definition) is 2. The molecule has 5 heteroatoms. The predicted molar refractivity (Wildman–Crippen MR) is 58.2 cm³/mol. The molecule has 1 saturated carbocycles. The minimum absolute atomic E-state index is 0.0184. The Labute approximate surface area is 92.4 Å². The van der Waals surface area contributed by atoms with Gasteiger partial charge in [0.25, 0.3) is 0 Å². The van der Waals surface area contributed by atoms with E-state index >= 15 is 0 Å². The third-order valence-corrected chi connectivity index (χ3v) is 2.74. The lowest BCUT2D eigenvalue weighted by molar-refractivity contribution is 0.554. The van der Waals surface area contributed by atoms with Crippen molar-refractivity contribution in [3.8, 4) is 0 Å². The first kappa shape index (κ1) is 10.9. The van der Waals surface area contributed by atoms with E-state index in [0.29, 0.717) is 12.4 Å². The molecular formula is C11H13F2N3. The zero-order valence-corrected chi connectivity index (χ0v) is 8.87. The summed E-state index contributed by atoms with van der Waals surface area (Å²) in [7, 11) is 1.56. The first-order chi connectivity index (χ1) is 7.63. The van der Waals surface area contributed by atoms with Crippen LogP contribution in [0.5, 0.6) is 0 Å². The van der Waals surface area contributed by atoms with Crippen molar-refractivity contribution in [2.24, 2.45) is 10.7 Å². The SMILES string of the molecule is CN=C(N)N[C@@H]1C[C@H]1c1c(F)cccc1F. The monoisotopic (exact) mass is 225 g/mol. The van der Waals surface area contributed by atoms with Gasteiger partial charge in [-0.2, -0.15) is 0 Å². The number of hydrogen-bond acceptors (Lipinski definition) is 1. The first-order valence-electron chi connectivity index (χ1n) is 5.06. The summed E-state index contributed by atoms with van der Waals surface area (Å²) in [4.78, 5) is 3.74. The molecule has 0 radical (unpaired) electrons. The first-order valence-corrected chi connectivity index (χ1v) is 5.06. The zero-order valence-electron chi connectivity index (χ0n) is 8.87. The van der Waals surface area contributed by atoms with Gasteiger partial charge < -0.3 is 11.1 Å². The fourth-order valence-electron chi connectivity index (χ4n) is 1.79. The van der Waals surface area contributed by atoms with Gasteiger partial charge >= 0.3 is 0 Å². The summed E-state index contributed by atoms with van der Waals surface area (Å²) in [6.07, 6.45) is 0.675. The van der Waals surface area contributed by atoms with Crippen molar-refractivity contribution < 1.29 is 8.78 Å². The average molecular weight is 225 g/mol. The van der Waals surface area contributed by atoms with E-state index < -0.39 is 11.6 Å². The molecule has 0 unspecified atom stereocenters. The van der Waals surface area contributed by atoms with E-state index in [1.54, 1.807) is 7.05 Å². The van der Waals surface area contributed by atoms with Crippen molar-refractivity contribution in [1.82, 2.24) is 5.32 Å².